The monoisotopic (exact) mass is 339 g/mol. The lowest BCUT2D eigenvalue weighted by molar-refractivity contribution is 0.287. The molecule has 0 atom stereocenters. The molecule has 3 rings (SSSR count). The summed E-state index contributed by atoms with van der Waals surface area (Å²) in [7, 11) is 2.04. The lowest BCUT2D eigenvalue weighted by Crippen LogP contribution is -1.99. The molecule has 19 heavy (non-hydrogen) atoms. The standard InChI is InChI=1S/C13H14BrN3OS/c1-7-11-12(13-8(15-7)6-9(14)19-13)17(2)10(16-11)4-3-5-18/h6,18H,3-5H2,1-2H3. The molecule has 0 aromatic carbocycles. The number of nitrogens with zero attached hydrogens (tertiary/aromatic N) is 3. The van der Waals surface area contributed by atoms with Crippen molar-refractivity contribution >= 4 is 48.5 Å². The number of aliphatic hydroxyl groups excluding tert-OH is 1. The van der Waals surface area contributed by atoms with E-state index in [2.05, 4.69) is 30.5 Å². The molecule has 4 nitrogen and oxygen atoms in total. The minimum absolute atomic E-state index is 0.195. The molecule has 0 saturated heterocycles. The summed E-state index contributed by atoms with van der Waals surface area (Å²) < 4.78 is 4.38. The zero-order valence-electron chi connectivity index (χ0n) is 10.8. The fraction of sp³-hybridized carbons (Fsp3) is 0.385. The second-order valence-electron chi connectivity index (χ2n) is 4.57. The average Bonchev–Trinajstić information content (AvgIpc) is 2.88. The van der Waals surface area contributed by atoms with Gasteiger partial charge < -0.3 is 9.67 Å². The van der Waals surface area contributed by atoms with Crippen molar-refractivity contribution in [3.8, 4) is 0 Å². The fourth-order valence-electron chi connectivity index (χ4n) is 2.36. The normalized spacial score (nSPS) is 11.8. The summed E-state index contributed by atoms with van der Waals surface area (Å²) in [5.41, 5.74) is 4.08. The molecule has 0 spiro atoms. The number of imidazole rings is 1. The fourth-order valence-corrected chi connectivity index (χ4v) is 3.96. The number of thiophene rings is 1. The maximum Gasteiger partial charge on any atom is 0.111 e. The Morgan fingerprint density at radius 1 is 1.42 bits per heavy atom. The van der Waals surface area contributed by atoms with Crippen LogP contribution >= 0.6 is 27.3 Å². The Morgan fingerprint density at radius 2 is 2.21 bits per heavy atom. The van der Waals surface area contributed by atoms with Crippen molar-refractivity contribution in [1.29, 1.82) is 0 Å². The second-order valence-corrected chi connectivity index (χ2v) is 7.00. The number of hydrogen-bond acceptors (Lipinski definition) is 4. The lowest BCUT2D eigenvalue weighted by atomic mass is 10.3. The maximum absolute atomic E-state index is 8.97. The van der Waals surface area contributed by atoms with E-state index >= 15 is 0 Å². The Bertz CT molecular complexity index is 762. The van der Waals surface area contributed by atoms with E-state index in [1.807, 2.05) is 20.0 Å². The molecule has 0 amide bonds. The number of hydrogen-bond donors (Lipinski definition) is 1. The van der Waals surface area contributed by atoms with Crippen LogP contribution in [-0.4, -0.2) is 26.2 Å². The number of pyridine rings is 1. The Kier molecular flexibility index (Phi) is 3.32. The number of aliphatic hydroxyl groups is 1. The van der Waals surface area contributed by atoms with Gasteiger partial charge in [0, 0.05) is 20.1 Å². The first-order valence-electron chi connectivity index (χ1n) is 6.13. The van der Waals surface area contributed by atoms with Gasteiger partial charge in [0.1, 0.15) is 11.3 Å². The van der Waals surface area contributed by atoms with Crippen LogP contribution in [-0.2, 0) is 13.5 Å². The predicted molar refractivity (Wildman–Crippen MR) is 81.7 cm³/mol. The molecule has 0 saturated carbocycles. The minimum atomic E-state index is 0.195. The van der Waals surface area contributed by atoms with Gasteiger partial charge in [0.2, 0.25) is 0 Å². The summed E-state index contributed by atoms with van der Waals surface area (Å²) in [5, 5.41) is 8.97. The predicted octanol–water partition coefficient (Wildman–Crippen LogP) is 3.18. The molecule has 0 aliphatic heterocycles. The molecule has 0 aliphatic rings. The number of aromatic nitrogens is 3. The number of halogens is 1. The van der Waals surface area contributed by atoms with Crippen LogP contribution in [0.3, 0.4) is 0 Å². The summed E-state index contributed by atoms with van der Waals surface area (Å²) in [6, 6.07) is 2.05. The van der Waals surface area contributed by atoms with Crippen LogP contribution in [0.1, 0.15) is 17.9 Å². The van der Waals surface area contributed by atoms with E-state index in [0.29, 0.717) is 0 Å². The number of fused-ring (bicyclic) bond motifs is 3. The maximum atomic E-state index is 8.97. The zero-order chi connectivity index (χ0) is 13.6. The van der Waals surface area contributed by atoms with Crippen molar-refractivity contribution in [2.24, 2.45) is 7.05 Å². The highest BCUT2D eigenvalue weighted by Crippen LogP contribution is 2.35. The topological polar surface area (TPSA) is 50.9 Å². The Morgan fingerprint density at radius 3 is 2.95 bits per heavy atom. The van der Waals surface area contributed by atoms with Crippen molar-refractivity contribution in [3.63, 3.8) is 0 Å². The van der Waals surface area contributed by atoms with Crippen molar-refractivity contribution in [2.45, 2.75) is 19.8 Å². The highest BCUT2D eigenvalue weighted by Gasteiger charge is 2.16. The molecule has 6 heteroatoms. The van der Waals surface area contributed by atoms with Gasteiger partial charge in [-0.3, -0.25) is 0 Å². The Hall–Kier alpha value is -0.980. The van der Waals surface area contributed by atoms with Crippen LogP contribution in [0.2, 0.25) is 0 Å². The summed E-state index contributed by atoms with van der Waals surface area (Å²) in [6.45, 7) is 2.19. The van der Waals surface area contributed by atoms with Crippen molar-refractivity contribution in [3.05, 3.63) is 21.4 Å². The van der Waals surface area contributed by atoms with Gasteiger partial charge in [0.05, 0.1) is 25.2 Å². The summed E-state index contributed by atoms with van der Waals surface area (Å²) >= 11 is 5.21. The van der Waals surface area contributed by atoms with Gasteiger partial charge in [-0.15, -0.1) is 11.3 Å². The quantitative estimate of drug-likeness (QED) is 0.797. The first kappa shape index (κ1) is 13.0. The second kappa shape index (κ2) is 4.85. The van der Waals surface area contributed by atoms with E-state index in [0.717, 1.165) is 49.4 Å². The summed E-state index contributed by atoms with van der Waals surface area (Å²) in [6.07, 6.45) is 1.52. The van der Waals surface area contributed by atoms with E-state index < -0.39 is 0 Å². The minimum Gasteiger partial charge on any atom is -0.396 e. The SMILES string of the molecule is Cc1nc2cc(Br)sc2c2c1nc(CCCO)n2C. The van der Waals surface area contributed by atoms with Crippen molar-refractivity contribution in [1.82, 2.24) is 14.5 Å². The van der Waals surface area contributed by atoms with Gasteiger partial charge >= 0.3 is 0 Å². The zero-order valence-corrected chi connectivity index (χ0v) is 13.2. The molecule has 0 unspecified atom stereocenters. The summed E-state index contributed by atoms with van der Waals surface area (Å²) in [4.78, 5) is 9.30. The van der Waals surface area contributed by atoms with E-state index in [-0.39, 0.29) is 6.61 Å². The largest absolute Gasteiger partial charge is 0.396 e. The third-order valence-electron chi connectivity index (χ3n) is 3.27. The lowest BCUT2D eigenvalue weighted by Gasteiger charge is -2.01. The van der Waals surface area contributed by atoms with Crippen LogP contribution in [0.15, 0.2) is 9.85 Å². The van der Waals surface area contributed by atoms with Crippen LogP contribution in [0.4, 0.5) is 0 Å². The van der Waals surface area contributed by atoms with Crippen LogP contribution in [0, 0.1) is 6.92 Å². The third kappa shape index (κ3) is 2.07. The average molecular weight is 340 g/mol. The van der Waals surface area contributed by atoms with Crippen LogP contribution < -0.4 is 0 Å². The highest BCUT2D eigenvalue weighted by atomic mass is 79.9. The highest BCUT2D eigenvalue weighted by molar-refractivity contribution is 9.11. The van der Waals surface area contributed by atoms with Gasteiger partial charge in [-0.05, 0) is 35.3 Å². The molecule has 0 bridgehead atoms. The van der Waals surface area contributed by atoms with Gasteiger partial charge in [-0.25, -0.2) is 9.97 Å². The molecule has 0 fully saturated rings. The van der Waals surface area contributed by atoms with Crippen LogP contribution in [0.5, 0.6) is 0 Å². The molecular weight excluding hydrogens is 326 g/mol. The van der Waals surface area contributed by atoms with E-state index in [9.17, 15) is 0 Å². The smallest absolute Gasteiger partial charge is 0.111 e. The van der Waals surface area contributed by atoms with Crippen LogP contribution in [0.25, 0.3) is 21.3 Å². The molecular formula is C13H14BrN3OS. The molecule has 1 N–H and O–H groups in total. The van der Waals surface area contributed by atoms with Crippen molar-refractivity contribution in [2.75, 3.05) is 6.61 Å². The summed E-state index contributed by atoms with van der Waals surface area (Å²) in [5.74, 6) is 1.01. The van der Waals surface area contributed by atoms with Gasteiger partial charge in [0.15, 0.2) is 0 Å². The first-order chi connectivity index (χ1) is 9.11. The molecule has 0 aliphatic carbocycles. The van der Waals surface area contributed by atoms with Gasteiger partial charge in [-0.2, -0.15) is 0 Å². The molecule has 0 radical (unpaired) electrons. The van der Waals surface area contributed by atoms with E-state index in [4.69, 9.17) is 5.11 Å². The van der Waals surface area contributed by atoms with Gasteiger partial charge in [0.25, 0.3) is 0 Å². The molecule has 3 aromatic heterocycles. The molecule has 3 aromatic rings. The first-order valence-corrected chi connectivity index (χ1v) is 7.74. The van der Waals surface area contributed by atoms with Crippen molar-refractivity contribution < 1.29 is 5.11 Å². The molecule has 3 heterocycles. The van der Waals surface area contributed by atoms with E-state index in [1.54, 1.807) is 11.3 Å². The number of aryl methyl sites for hydroxylation is 3. The number of rotatable bonds is 3. The Labute approximate surface area is 123 Å². The van der Waals surface area contributed by atoms with E-state index in [1.165, 1.54) is 0 Å². The molecule has 100 valence electrons. The Balaban J connectivity index is 2.32. The van der Waals surface area contributed by atoms with Gasteiger partial charge in [-0.1, -0.05) is 0 Å². The third-order valence-corrected chi connectivity index (χ3v) is 4.91.